The number of unbranched alkanes of at least 4 members (excludes halogenated alkanes) is 1. The van der Waals surface area contributed by atoms with Crippen molar-refractivity contribution >= 4 is 5.96 Å². The van der Waals surface area contributed by atoms with Crippen molar-refractivity contribution < 1.29 is 4.74 Å². The molecule has 0 radical (unpaired) electrons. The van der Waals surface area contributed by atoms with Crippen LogP contribution in [0.3, 0.4) is 0 Å². The van der Waals surface area contributed by atoms with E-state index in [9.17, 15) is 0 Å². The van der Waals surface area contributed by atoms with Gasteiger partial charge < -0.3 is 9.64 Å². The normalized spacial score (nSPS) is 11.6. The zero-order valence-corrected chi connectivity index (χ0v) is 10.8. The van der Waals surface area contributed by atoms with Gasteiger partial charge in [0.05, 0.1) is 0 Å². The number of rotatable bonds is 8. The van der Waals surface area contributed by atoms with Crippen LogP contribution < -0.4 is 11.3 Å². The van der Waals surface area contributed by atoms with Gasteiger partial charge in [0.1, 0.15) is 0 Å². The summed E-state index contributed by atoms with van der Waals surface area (Å²) in [6.45, 7) is 7.41. The van der Waals surface area contributed by atoms with Crippen LogP contribution in [0.2, 0.25) is 0 Å². The Bertz CT molecular complexity index is 185. The van der Waals surface area contributed by atoms with Gasteiger partial charge in [0.15, 0.2) is 0 Å². The lowest BCUT2D eigenvalue weighted by Crippen LogP contribution is -2.43. The van der Waals surface area contributed by atoms with E-state index in [4.69, 9.17) is 10.6 Å². The van der Waals surface area contributed by atoms with Crippen molar-refractivity contribution in [2.45, 2.75) is 33.1 Å². The van der Waals surface area contributed by atoms with Gasteiger partial charge in [-0.3, -0.25) is 10.4 Å². The quantitative estimate of drug-likeness (QED) is 0.214. The minimum atomic E-state index is 0.746. The van der Waals surface area contributed by atoms with Crippen LogP contribution in [-0.4, -0.2) is 44.2 Å². The minimum Gasteiger partial charge on any atom is -0.382 e. The fourth-order valence-corrected chi connectivity index (χ4v) is 1.27. The summed E-state index contributed by atoms with van der Waals surface area (Å²) in [5.74, 6) is 6.19. The van der Waals surface area contributed by atoms with Crippen LogP contribution >= 0.6 is 0 Å². The molecule has 0 unspecified atom stereocenters. The predicted octanol–water partition coefficient (Wildman–Crippen LogP) is 0.964. The first-order chi connectivity index (χ1) is 7.76. The van der Waals surface area contributed by atoms with Crippen molar-refractivity contribution in [2.24, 2.45) is 10.8 Å². The second-order valence-electron chi connectivity index (χ2n) is 3.68. The lowest BCUT2D eigenvalue weighted by atomic mass is 10.3. The van der Waals surface area contributed by atoms with E-state index >= 15 is 0 Å². The Morgan fingerprint density at radius 2 is 2.12 bits per heavy atom. The van der Waals surface area contributed by atoms with Gasteiger partial charge >= 0.3 is 0 Å². The Labute approximate surface area is 99.0 Å². The van der Waals surface area contributed by atoms with Crippen LogP contribution in [0.15, 0.2) is 4.99 Å². The topological polar surface area (TPSA) is 62.9 Å². The molecule has 0 atom stereocenters. The average molecular weight is 230 g/mol. The molecule has 0 saturated heterocycles. The Morgan fingerprint density at radius 3 is 2.69 bits per heavy atom. The molecule has 0 aliphatic carbocycles. The van der Waals surface area contributed by atoms with Crippen LogP contribution in [0.25, 0.3) is 0 Å². The first-order valence-corrected chi connectivity index (χ1v) is 6.06. The summed E-state index contributed by atoms with van der Waals surface area (Å²) in [7, 11) is 2.00. The zero-order chi connectivity index (χ0) is 12.2. The highest BCUT2D eigenvalue weighted by Crippen LogP contribution is 1.93. The second-order valence-corrected chi connectivity index (χ2v) is 3.68. The van der Waals surface area contributed by atoms with Crippen molar-refractivity contribution in [2.75, 3.05) is 33.4 Å². The highest BCUT2D eigenvalue weighted by atomic mass is 16.5. The Hall–Kier alpha value is -0.810. The van der Waals surface area contributed by atoms with Gasteiger partial charge in [-0.1, -0.05) is 13.3 Å². The molecule has 0 heterocycles. The van der Waals surface area contributed by atoms with E-state index in [1.54, 1.807) is 0 Å². The van der Waals surface area contributed by atoms with Crippen molar-refractivity contribution in [3.8, 4) is 0 Å². The molecular formula is C11H26N4O. The molecule has 5 nitrogen and oxygen atoms in total. The summed E-state index contributed by atoms with van der Waals surface area (Å²) in [6.07, 6.45) is 3.25. The fraction of sp³-hybridized carbons (Fsp3) is 0.909. The third-order valence-corrected chi connectivity index (χ3v) is 2.25. The van der Waals surface area contributed by atoms with Gasteiger partial charge in [0.2, 0.25) is 5.96 Å². The fourth-order valence-electron chi connectivity index (χ4n) is 1.27. The van der Waals surface area contributed by atoms with E-state index in [-0.39, 0.29) is 0 Å². The van der Waals surface area contributed by atoms with Gasteiger partial charge in [0, 0.05) is 33.4 Å². The van der Waals surface area contributed by atoms with Crippen molar-refractivity contribution in [1.29, 1.82) is 0 Å². The molecule has 0 amide bonds. The average Bonchev–Trinajstić information content (AvgIpc) is 2.31. The van der Waals surface area contributed by atoms with Crippen LogP contribution in [0.4, 0.5) is 0 Å². The molecule has 3 N–H and O–H groups in total. The minimum absolute atomic E-state index is 0.746. The molecule has 0 aromatic rings. The van der Waals surface area contributed by atoms with Crippen LogP contribution in [-0.2, 0) is 4.74 Å². The Kier molecular flexibility index (Phi) is 10.2. The summed E-state index contributed by atoms with van der Waals surface area (Å²) >= 11 is 0. The highest BCUT2D eigenvalue weighted by molar-refractivity contribution is 5.79. The first-order valence-electron chi connectivity index (χ1n) is 6.06. The van der Waals surface area contributed by atoms with E-state index in [0.29, 0.717) is 0 Å². The van der Waals surface area contributed by atoms with E-state index < -0.39 is 0 Å². The molecule has 16 heavy (non-hydrogen) atoms. The molecular weight excluding hydrogens is 204 g/mol. The monoisotopic (exact) mass is 230 g/mol. The molecule has 0 spiro atoms. The molecule has 5 heteroatoms. The second kappa shape index (κ2) is 10.7. The van der Waals surface area contributed by atoms with Crippen LogP contribution in [0.5, 0.6) is 0 Å². The van der Waals surface area contributed by atoms with E-state index in [2.05, 4.69) is 17.3 Å². The number of nitrogens with zero attached hydrogens (tertiary/aromatic N) is 2. The molecule has 0 aliphatic heterocycles. The summed E-state index contributed by atoms with van der Waals surface area (Å²) in [6, 6.07) is 0. The summed E-state index contributed by atoms with van der Waals surface area (Å²) in [5, 5.41) is 0. The maximum Gasteiger partial charge on any atom is 0.208 e. The third kappa shape index (κ3) is 7.48. The molecule has 0 aliphatic rings. The summed E-state index contributed by atoms with van der Waals surface area (Å²) < 4.78 is 5.24. The van der Waals surface area contributed by atoms with Gasteiger partial charge in [-0.2, -0.15) is 0 Å². The molecule has 0 aromatic carbocycles. The van der Waals surface area contributed by atoms with Crippen molar-refractivity contribution in [3.63, 3.8) is 0 Å². The van der Waals surface area contributed by atoms with Crippen LogP contribution in [0, 0.1) is 0 Å². The zero-order valence-electron chi connectivity index (χ0n) is 10.8. The number of hydrogen-bond donors (Lipinski definition) is 2. The molecule has 0 aromatic heterocycles. The number of hydrazine groups is 1. The summed E-state index contributed by atoms with van der Waals surface area (Å²) in [5.41, 5.74) is 2.64. The molecule has 96 valence electrons. The van der Waals surface area contributed by atoms with Crippen molar-refractivity contribution in [1.82, 2.24) is 10.3 Å². The smallest absolute Gasteiger partial charge is 0.208 e. The third-order valence-electron chi connectivity index (χ3n) is 2.25. The van der Waals surface area contributed by atoms with Crippen LogP contribution in [0.1, 0.15) is 33.1 Å². The molecule has 0 bridgehead atoms. The lowest BCUT2D eigenvalue weighted by Gasteiger charge is -2.20. The standard InChI is InChI=1S/C11H26N4O/c1-4-6-9-15(3)11(14-12)13-8-7-10-16-5-2/h4-10,12H2,1-3H3,(H,13,14). The van der Waals surface area contributed by atoms with E-state index in [1.807, 2.05) is 18.9 Å². The van der Waals surface area contributed by atoms with Gasteiger partial charge in [-0.25, -0.2) is 5.84 Å². The molecule has 0 saturated carbocycles. The van der Waals surface area contributed by atoms with Gasteiger partial charge in [-0.15, -0.1) is 0 Å². The largest absolute Gasteiger partial charge is 0.382 e. The number of aliphatic imine (C=N–C) groups is 1. The lowest BCUT2D eigenvalue weighted by molar-refractivity contribution is 0.146. The highest BCUT2D eigenvalue weighted by Gasteiger charge is 2.02. The van der Waals surface area contributed by atoms with Crippen molar-refractivity contribution in [3.05, 3.63) is 0 Å². The van der Waals surface area contributed by atoms with Gasteiger partial charge in [-0.05, 0) is 19.8 Å². The maximum absolute atomic E-state index is 5.43. The number of ether oxygens (including phenoxy) is 1. The molecule has 0 fully saturated rings. The number of nitrogens with two attached hydrogens (primary N) is 1. The Morgan fingerprint density at radius 1 is 1.38 bits per heavy atom. The van der Waals surface area contributed by atoms with Gasteiger partial charge in [0.25, 0.3) is 0 Å². The van der Waals surface area contributed by atoms with E-state index in [1.165, 1.54) is 6.42 Å². The number of guanidine groups is 1. The Balaban J connectivity index is 3.81. The molecule has 0 rings (SSSR count). The number of hydrogen-bond acceptors (Lipinski definition) is 3. The summed E-state index contributed by atoms with van der Waals surface area (Å²) in [4.78, 5) is 6.44. The predicted molar refractivity (Wildman–Crippen MR) is 68.3 cm³/mol. The number of nitrogens with one attached hydrogen (secondary N) is 1. The maximum atomic E-state index is 5.43. The van der Waals surface area contributed by atoms with E-state index in [0.717, 1.165) is 45.1 Å². The first kappa shape index (κ1) is 15.2. The SMILES string of the molecule is CCCCN(C)C(=NCCCOCC)NN.